The van der Waals surface area contributed by atoms with Crippen molar-refractivity contribution in [1.82, 2.24) is 5.32 Å². The Balaban J connectivity index is 2.58. The van der Waals surface area contributed by atoms with Crippen LogP contribution in [-0.4, -0.2) is 33.6 Å². The number of nitrogens with one attached hydrogen (secondary N) is 1. The Kier molecular flexibility index (Phi) is 7.34. The van der Waals surface area contributed by atoms with Gasteiger partial charge in [-0.1, -0.05) is 30.7 Å². The summed E-state index contributed by atoms with van der Waals surface area (Å²) in [6.45, 7) is 4.07. The maximum absolute atomic E-state index is 11.1. The van der Waals surface area contributed by atoms with E-state index in [1.54, 1.807) is 6.07 Å². The molecule has 114 valence electrons. The Morgan fingerprint density at radius 1 is 1.35 bits per heavy atom. The Morgan fingerprint density at radius 3 is 2.75 bits per heavy atom. The summed E-state index contributed by atoms with van der Waals surface area (Å²) in [7, 11) is -2.94. The van der Waals surface area contributed by atoms with Gasteiger partial charge in [0.2, 0.25) is 0 Å². The Morgan fingerprint density at radius 2 is 2.10 bits per heavy atom. The highest BCUT2D eigenvalue weighted by atomic mass is 35.5. The van der Waals surface area contributed by atoms with Gasteiger partial charge in [0.15, 0.2) is 0 Å². The number of halogens is 1. The molecule has 0 saturated carbocycles. The van der Waals surface area contributed by atoms with Crippen LogP contribution >= 0.6 is 11.6 Å². The van der Waals surface area contributed by atoms with Crippen molar-refractivity contribution in [3.8, 4) is 5.75 Å². The molecule has 1 aromatic carbocycles. The van der Waals surface area contributed by atoms with Crippen LogP contribution in [-0.2, 0) is 16.4 Å². The molecule has 0 unspecified atom stereocenters. The minimum atomic E-state index is -2.94. The van der Waals surface area contributed by atoms with Gasteiger partial charge in [-0.05, 0) is 25.5 Å². The van der Waals surface area contributed by atoms with Crippen molar-refractivity contribution in [3.63, 3.8) is 0 Å². The van der Waals surface area contributed by atoms with Crippen molar-refractivity contribution >= 4 is 21.4 Å². The molecule has 0 spiro atoms. The van der Waals surface area contributed by atoms with E-state index in [1.165, 1.54) is 6.26 Å². The van der Waals surface area contributed by atoms with Crippen molar-refractivity contribution in [2.75, 3.05) is 25.2 Å². The zero-order chi connectivity index (χ0) is 15.0. The fraction of sp³-hybridized carbons (Fsp3) is 0.571. The fourth-order valence-corrected chi connectivity index (χ4v) is 2.64. The van der Waals surface area contributed by atoms with Crippen LogP contribution in [0, 0.1) is 0 Å². The number of rotatable bonds is 9. The number of benzene rings is 1. The first-order valence-electron chi connectivity index (χ1n) is 6.72. The third-order valence-corrected chi connectivity index (χ3v) is 4.02. The molecule has 0 amide bonds. The molecule has 0 aliphatic carbocycles. The number of para-hydroxylation sites is 1. The van der Waals surface area contributed by atoms with Crippen LogP contribution in [0.4, 0.5) is 0 Å². The molecule has 20 heavy (non-hydrogen) atoms. The van der Waals surface area contributed by atoms with Gasteiger partial charge in [-0.25, -0.2) is 8.42 Å². The molecule has 0 radical (unpaired) electrons. The van der Waals surface area contributed by atoms with Gasteiger partial charge in [0.05, 0.1) is 17.4 Å². The maximum Gasteiger partial charge on any atom is 0.147 e. The quantitative estimate of drug-likeness (QED) is 0.711. The first kappa shape index (κ1) is 17.3. The first-order valence-corrected chi connectivity index (χ1v) is 9.16. The van der Waals surface area contributed by atoms with E-state index in [0.717, 1.165) is 18.5 Å². The molecule has 0 heterocycles. The van der Waals surface area contributed by atoms with E-state index in [4.69, 9.17) is 16.3 Å². The molecule has 6 heteroatoms. The molecular formula is C14H22ClNO3S. The highest BCUT2D eigenvalue weighted by Crippen LogP contribution is 2.28. The number of hydrogen-bond acceptors (Lipinski definition) is 4. The van der Waals surface area contributed by atoms with Crippen molar-refractivity contribution in [1.29, 1.82) is 0 Å². The highest BCUT2D eigenvalue weighted by molar-refractivity contribution is 7.90. The average molecular weight is 320 g/mol. The highest BCUT2D eigenvalue weighted by Gasteiger charge is 2.09. The van der Waals surface area contributed by atoms with Crippen LogP contribution < -0.4 is 10.1 Å². The van der Waals surface area contributed by atoms with Gasteiger partial charge >= 0.3 is 0 Å². The van der Waals surface area contributed by atoms with Crippen LogP contribution in [0.25, 0.3) is 0 Å². The third kappa shape index (κ3) is 6.59. The van der Waals surface area contributed by atoms with Crippen molar-refractivity contribution in [3.05, 3.63) is 28.8 Å². The van der Waals surface area contributed by atoms with E-state index in [9.17, 15) is 8.42 Å². The maximum atomic E-state index is 11.1. The third-order valence-electron chi connectivity index (χ3n) is 2.70. The lowest BCUT2D eigenvalue weighted by Gasteiger charge is -2.13. The fourth-order valence-electron chi connectivity index (χ4n) is 1.75. The topological polar surface area (TPSA) is 55.4 Å². The Hall–Kier alpha value is -0.780. The number of hydrogen-bond donors (Lipinski definition) is 1. The van der Waals surface area contributed by atoms with Gasteiger partial charge in [0.1, 0.15) is 15.6 Å². The van der Waals surface area contributed by atoms with Crippen molar-refractivity contribution in [2.45, 2.75) is 26.3 Å². The zero-order valence-corrected chi connectivity index (χ0v) is 13.6. The lowest BCUT2D eigenvalue weighted by Crippen LogP contribution is -2.15. The minimum Gasteiger partial charge on any atom is -0.492 e. The molecule has 1 aromatic rings. The largest absolute Gasteiger partial charge is 0.492 e. The number of sulfone groups is 1. The van der Waals surface area contributed by atoms with Crippen LogP contribution in [0.3, 0.4) is 0 Å². The summed E-state index contributed by atoms with van der Waals surface area (Å²) < 4.78 is 27.8. The van der Waals surface area contributed by atoms with Gasteiger partial charge in [0.25, 0.3) is 0 Å². The lowest BCUT2D eigenvalue weighted by atomic mass is 10.2. The summed E-state index contributed by atoms with van der Waals surface area (Å²) >= 11 is 6.14. The second kappa shape index (κ2) is 8.49. The summed E-state index contributed by atoms with van der Waals surface area (Å²) in [5, 5.41) is 3.85. The average Bonchev–Trinajstić information content (AvgIpc) is 2.36. The Bertz CT molecular complexity index is 517. The molecular weight excluding hydrogens is 298 g/mol. The molecule has 0 aliphatic heterocycles. The summed E-state index contributed by atoms with van der Waals surface area (Å²) in [5.74, 6) is 0.771. The predicted molar refractivity (Wildman–Crippen MR) is 83.3 cm³/mol. The standard InChI is InChI=1S/C14H22ClNO3S/c1-3-8-16-11-12-6-4-7-13(15)14(12)19-9-5-10-20(2,17)18/h4,6-7,16H,3,5,8-11H2,1-2H3. The molecule has 0 atom stereocenters. The first-order chi connectivity index (χ1) is 9.44. The van der Waals surface area contributed by atoms with Gasteiger partial charge in [-0.2, -0.15) is 0 Å². The molecule has 4 nitrogen and oxygen atoms in total. The van der Waals surface area contributed by atoms with E-state index < -0.39 is 9.84 Å². The van der Waals surface area contributed by atoms with Crippen molar-refractivity contribution in [2.24, 2.45) is 0 Å². The monoisotopic (exact) mass is 319 g/mol. The molecule has 0 bridgehead atoms. The summed E-state index contributed by atoms with van der Waals surface area (Å²) in [6.07, 6.45) is 2.75. The van der Waals surface area contributed by atoms with Gasteiger partial charge < -0.3 is 10.1 Å². The summed E-state index contributed by atoms with van der Waals surface area (Å²) in [5.41, 5.74) is 0.991. The summed E-state index contributed by atoms with van der Waals surface area (Å²) in [6, 6.07) is 5.62. The SMILES string of the molecule is CCCNCc1cccc(Cl)c1OCCCS(C)(=O)=O. The van der Waals surface area contributed by atoms with Crippen molar-refractivity contribution < 1.29 is 13.2 Å². The molecule has 0 saturated heterocycles. The molecule has 1 rings (SSSR count). The van der Waals surface area contributed by atoms with Crippen LogP contribution in [0.5, 0.6) is 5.75 Å². The smallest absolute Gasteiger partial charge is 0.147 e. The molecule has 1 N–H and O–H groups in total. The lowest BCUT2D eigenvalue weighted by molar-refractivity contribution is 0.314. The Labute approximate surface area is 126 Å². The van der Waals surface area contributed by atoms with E-state index in [2.05, 4.69) is 12.2 Å². The van der Waals surface area contributed by atoms with E-state index in [-0.39, 0.29) is 5.75 Å². The van der Waals surface area contributed by atoms with E-state index in [1.807, 2.05) is 12.1 Å². The predicted octanol–water partition coefficient (Wildman–Crippen LogP) is 2.65. The molecule has 0 aliphatic rings. The normalized spacial score (nSPS) is 11.6. The van der Waals surface area contributed by atoms with Gasteiger partial charge in [0, 0.05) is 18.4 Å². The zero-order valence-electron chi connectivity index (χ0n) is 12.0. The van der Waals surface area contributed by atoms with Crippen LogP contribution in [0.1, 0.15) is 25.3 Å². The molecule has 0 fully saturated rings. The van der Waals surface area contributed by atoms with Crippen LogP contribution in [0.15, 0.2) is 18.2 Å². The molecule has 0 aromatic heterocycles. The van der Waals surface area contributed by atoms with Crippen LogP contribution in [0.2, 0.25) is 5.02 Å². The van der Waals surface area contributed by atoms with Gasteiger partial charge in [-0.3, -0.25) is 0 Å². The minimum absolute atomic E-state index is 0.126. The van der Waals surface area contributed by atoms with Gasteiger partial charge in [-0.15, -0.1) is 0 Å². The second-order valence-electron chi connectivity index (χ2n) is 4.74. The second-order valence-corrected chi connectivity index (χ2v) is 7.40. The number of ether oxygens (including phenoxy) is 1. The van der Waals surface area contributed by atoms with E-state index in [0.29, 0.717) is 30.3 Å². The summed E-state index contributed by atoms with van der Waals surface area (Å²) in [4.78, 5) is 0. The van der Waals surface area contributed by atoms with E-state index >= 15 is 0 Å².